The zero-order chi connectivity index (χ0) is 14.4. The Kier molecular flexibility index (Phi) is 5.40. The van der Waals surface area contributed by atoms with Gasteiger partial charge in [-0.15, -0.1) is 0 Å². The molecule has 3 N–H and O–H groups in total. The first-order valence-corrected chi connectivity index (χ1v) is 7.90. The Hall–Kier alpha value is -1.10. The second-order valence-corrected chi connectivity index (χ2v) is 6.25. The number of hydrogen-bond donors (Lipinski definition) is 3. The molecule has 2 fully saturated rings. The number of hydrogen-bond acceptors (Lipinski definition) is 3. The Morgan fingerprint density at radius 3 is 2.55 bits per heavy atom. The smallest absolute Gasteiger partial charge is 0.245 e. The summed E-state index contributed by atoms with van der Waals surface area (Å²) >= 11 is 0. The molecule has 2 amide bonds. The standard InChI is InChI=1S/C15H27N3O2/c1-12(19)18-15(7-3-2-4-8-15)14(20)17-11-13-6-5-9-16-10-13/h13,16H,2-11H2,1H3,(H,17,20)(H,18,19). The van der Waals surface area contributed by atoms with Gasteiger partial charge in [-0.25, -0.2) is 0 Å². The van der Waals surface area contributed by atoms with Crippen LogP contribution >= 0.6 is 0 Å². The molecule has 1 heterocycles. The molecule has 1 aliphatic carbocycles. The molecule has 1 saturated heterocycles. The van der Waals surface area contributed by atoms with Crippen molar-refractivity contribution in [2.24, 2.45) is 5.92 Å². The Labute approximate surface area is 121 Å². The lowest BCUT2D eigenvalue weighted by Gasteiger charge is -2.37. The van der Waals surface area contributed by atoms with Crippen molar-refractivity contribution in [3.05, 3.63) is 0 Å². The lowest BCUT2D eigenvalue weighted by molar-refractivity contribution is -0.134. The van der Waals surface area contributed by atoms with Gasteiger partial charge in [-0.05, 0) is 44.7 Å². The van der Waals surface area contributed by atoms with Gasteiger partial charge >= 0.3 is 0 Å². The number of carbonyl (C=O) groups excluding carboxylic acids is 2. The lowest BCUT2D eigenvalue weighted by Crippen LogP contribution is -2.60. The summed E-state index contributed by atoms with van der Waals surface area (Å²) in [6.07, 6.45) is 7.05. The second kappa shape index (κ2) is 7.07. The van der Waals surface area contributed by atoms with Crippen LogP contribution in [0.1, 0.15) is 51.9 Å². The molecule has 0 aromatic heterocycles. The molecule has 114 valence electrons. The quantitative estimate of drug-likeness (QED) is 0.718. The first-order chi connectivity index (χ1) is 9.62. The topological polar surface area (TPSA) is 70.2 Å². The summed E-state index contributed by atoms with van der Waals surface area (Å²) in [4.78, 5) is 24.0. The molecule has 1 atom stereocenters. The van der Waals surface area contributed by atoms with Crippen molar-refractivity contribution >= 4 is 11.8 Å². The van der Waals surface area contributed by atoms with Crippen LogP contribution < -0.4 is 16.0 Å². The van der Waals surface area contributed by atoms with Gasteiger partial charge in [0.25, 0.3) is 0 Å². The largest absolute Gasteiger partial charge is 0.354 e. The summed E-state index contributed by atoms with van der Waals surface area (Å²) in [6.45, 7) is 4.27. The van der Waals surface area contributed by atoms with Gasteiger partial charge in [0, 0.05) is 13.5 Å². The van der Waals surface area contributed by atoms with Crippen molar-refractivity contribution in [2.75, 3.05) is 19.6 Å². The Balaban J connectivity index is 1.90. The van der Waals surface area contributed by atoms with Crippen LogP contribution in [-0.2, 0) is 9.59 Å². The highest BCUT2D eigenvalue weighted by Crippen LogP contribution is 2.28. The molecule has 2 aliphatic rings. The molecular formula is C15H27N3O2. The van der Waals surface area contributed by atoms with Crippen molar-refractivity contribution in [2.45, 2.75) is 57.4 Å². The van der Waals surface area contributed by atoms with Crippen molar-refractivity contribution < 1.29 is 9.59 Å². The molecule has 5 nitrogen and oxygen atoms in total. The molecule has 20 heavy (non-hydrogen) atoms. The Bertz CT molecular complexity index is 345. The highest BCUT2D eigenvalue weighted by atomic mass is 16.2. The van der Waals surface area contributed by atoms with Crippen LogP contribution in [0.25, 0.3) is 0 Å². The third kappa shape index (κ3) is 3.95. The van der Waals surface area contributed by atoms with E-state index in [1.54, 1.807) is 0 Å². The fraction of sp³-hybridized carbons (Fsp3) is 0.867. The van der Waals surface area contributed by atoms with Crippen LogP contribution in [0.3, 0.4) is 0 Å². The first-order valence-electron chi connectivity index (χ1n) is 7.90. The average molecular weight is 281 g/mol. The van der Waals surface area contributed by atoms with Crippen molar-refractivity contribution in [3.63, 3.8) is 0 Å². The fourth-order valence-electron chi connectivity index (χ4n) is 3.41. The maximum Gasteiger partial charge on any atom is 0.245 e. The predicted molar refractivity (Wildman–Crippen MR) is 78.2 cm³/mol. The van der Waals surface area contributed by atoms with E-state index in [9.17, 15) is 9.59 Å². The van der Waals surface area contributed by atoms with Crippen molar-refractivity contribution in [3.8, 4) is 0 Å². The Morgan fingerprint density at radius 1 is 1.20 bits per heavy atom. The first kappa shape index (κ1) is 15.3. The van der Waals surface area contributed by atoms with Gasteiger partial charge in [0.1, 0.15) is 5.54 Å². The number of amides is 2. The molecule has 0 radical (unpaired) electrons. The SMILES string of the molecule is CC(=O)NC1(C(=O)NCC2CCCNC2)CCCCC1. The van der Waals surface area contributed by atoms with Crippen LogP contribution in [0.5, 0.6) is 0 Å². The van der Waals surface area contributed by atoms with E-state index in [2.05, 4.69) is 16.0 Å². The van der Waals surface area contributed by atoms with E-state index in [0.29, 0.717) is 12.5 Å². The van der Waals surface area contributed by atoms with E-state index in [4.69, 9.17) is 0 Å². The van der Waals surface area contributed by atoms with Crippen molar-refractivity contribution in [1.82, 2.24) is 16.0 Å². The Morgan fingerprint density at radius 2 is 1.95 bits per heavy atom. The van der Waals surface area contributed by atoms with Gasteiger partial charge in [0.05, 0.1) is 0 Å². The molecule has 2 rings (SSSR count). The van der Waals surface area contributed by atoms with E-state index in [1.807, 2.05) is 0 Å². The van der Waals surface area contributed by atoms with E-state index < -0.39 is 5.54 Å². The molecule has 5 heteroatoms. The van der Waals surface area contributed by atoms with Gasteiger partial charge in [-0.2, -0.15) is 0 Å². The summed E-state index contributed by atoms with van der Waals surface area (Å²) in [7, 11) is 0. The van der Waals surface area contributed by atoms with Crippen LogP contribution in [0.15, 0.2) is 0 Å². The van der Waals surface area contributed by atoms with Gasteiger partial charge < -0.3 is 16.0 Å². The maximum atomic E-state index is 12.6. The molecule has 0 aromatic carbocycles. The molecule has 0 bridgehead atoms. The number of piperidine rings is 1. The minimum absolute atomic E-state index is 0.0120. The summed E-state index contributed by atoms with van der Waals surface area (Å²) in [5, 5.41) is 9.35. The summed E-state index contributed by atoms with van der Waals surface area (Å²) in [5.41, 5.74) is -0.661. The van der Waals surface area contributed by atoms with E-state index >= 15 is 0 Å². The zero-order valence-corrected chi connectivity index (χ0v) is 12.5. The third-order valence-electron chi connectivity index (χ3n) is 4.51. The average Bonchev–Trinajstić information content (AvgIpc) is 2.46. The normalized spacial score (nSPS) is 25.8. The monoisotopic (exact) mass is 281 g/mol. The lowest BCUT2D eigenvalue weighted by atomic mass is 9.80. The number of nitrogens with one attached hydrogen (secondary N) is 3. The zero-order valence-electron chi connectivity index (χ0n) is 12.5. The minimum Gasteiger partial charge on any atom is -0.354 e. The third-order valence-corrected chi connectivity index (χ3v) is 4.51. The molecule has 1 saturated carbocycles. The molecule has 1 aliphatic heterocycles. The molecular weight excluding hydrogens is 254 g/mol. The highest BCUT2D eigenvalue weighted by molar-refractivity contribution is 5.91. The predicted octanol–water partition coefficient (Wildman–Crippen LogP) is 0.941. The van der Waals surface area contributed by atoms with Crippen LogP contribution in [-0.4, -0.2) is 37.0 Å². The van der Waals surface area contributed by atoms with E-state index in [-0.39, 0.29) is 11.8 Å². The number of carbonyl (C=O) groups is 2. The van der Waals surface area contributed by atoms with Gasteiger partial charge in [-0.1, -0.05) is 19.3 Å². The second-order valence-electron chi connectivity index (χ2n) is 6.25. The maximum absolute atomic E-state index is 12.6. The molecule has 1 unspecified atom stereocenters. The van der Waals surface area contributed by atoms with Crippen molar-refractivity contribution in [1.29, 1.82) is 0 Å². The van der Waals surface area contributed by atoms with Gasteiger partial charge in [0.15, 0.2) is 0 Å². The molecule has 0 spiro atoms. The van der Waals surface area contributed by atoms with Crippen LogP contribution in [0.2, 0.25) is 0 Å². The minimum atomic E-state index is -0.661. The fourth-order valence-corrected chi connectivity index (χ4v) is 3.41. The van der Waals surface area contributed by atoms with E-state index in [0.717, 1.165) is 45.2 Å². The van der Waals surface area contributed by atoms with Crippen LogP contribution in [0.4, 0.5) is 0 Å². The number of rotatable bonds is 4. The molecule has 0 aromatic rings. The summed E-state index contributed by atoms with van der Waals surface area (Å²) in [6, 6.07) is 0. The van der Waals surface area contributed by atoms with Crippen LogP contribution in [0, 0.1) is 5.92 Å². The summed E-state index contributed by atoms with van der Waals surface area (Å²) < 4.78 is 0. The van der Waals surface area contributed by atoms with Gasteiger partial charge in [-0.3, -0.25) is 9.59 Å². The van der Waals surface area contributed by atoms with Gasteiger partial charge in [0.2, 0.25) is 11.8 Å². The summed E-state index contributed by atoms with van der Waals surface area (Å²) in [5.74, 6) is 0.421. The van der Waals surface area contributed by atoms with E-state index in [1.165, 1.54) is 19.8 Å². The highest BCUT2D eigenvalue weighted by Gasteiger charge is 2.40.